The van der Waals surface area contributed by atoms with Crippen molar-refractivity contribution in [3.8, 4) is 0 Å². The third-order valence-electron chi connectivity index (χ3n) is 5.80. The zero-order valence-electron chi connectivity index (χ0n) is 18.1. The highest BCUT2D eigenvalue weighted by Crippen LogP contribution is 2.35. The van der Waals surface area contributed by atoms with Crippen LogP contribution in [-0.4, -0.2) is 29.0 Å². The maximum atomic E-state index is 11.7. The van der Waals surface area contributed by atoms with Crippen molar-refractivity contribution in [3.63, 3.8) is 0 Å². The zero-order chi connectivity index (χ0) is 22.7. The Morgan fingerprint density at radius 3 is 2.50 bits per heavy atom. The molecular formula is C25H28N4O2S. The predicted molar refractivity (Wildman–Crippen MR) is 130 cm³/mol. The molecule has 3 aromatic rings. The number of carboxylic acids is 1. The average molecular weight is 449 g/mol. The summed E-state index contributed by atoms with van der Waals surface area (Å²) in [4.78, 5) is 12.9. The van der Waals surface area contributed by atoms with Gasteiger partial charge in [0, 0.05) is 31.0 Å². The van der Waals surface area contributed by atoms with Crippen molar-refractivity contribution in [2.45, 2.75) is 30.2 Å². The summed E-state index contributed by atoms with van der Waals surface area (Å²) in [5.41, 5.74) is 11.9. The molecule has 0 fully saturated rings. The average Bonchev–Trinajstić information content (AvgIpc) is 2.77. The van der Waals surface area contributed by atoms with Gasteiger partial charge in [-0.25, -0.2) is 10.1 Å². The van der Waals surface area contributed by atoms with E-state index in [-0.39, 0.29) is 12.3 Å². The first-order chi connectivity index (χ1) is 15.4. The van der Waals surface area contributed by atoms with Crippen LogP contribution < -0.4 is 16.6 Å². The number of hydrogen-bond acceptors (Lipinski definition) is 6. The van der Waals surface area contributed by atoms with Gasteiger partial charge in [0.05, 0.1) is 17.8 Å². The third-order valence-corrected chi connectivity index (χ3v) is 6.85. The summed E-state index contributed by atoms with van der Waals surface area (Å²) < 4.78 is 2.36. The van der Waals surface area contributed by atoms with Gasteiger partial charge in [0.1, 0.15) is 0 Å². The van der Waals surface area contributed by atoms with Gasteiger partial charge in [-0.2, -0.15) is 0 Å². The van der Waals surface area contributed by atoms with Gasteiger partial charge >= 0.3 is 5.97 Å². The van der Waals surface area contributed by atoms with Gasteiger partial charge in [0.2, 0.25) is 0 Å². The molecule has 166 valence electrons. The fourth-order valence-electron chi connectivity index (χ4n) is 4.19. The Morgan fingerprint density at radius 1 is 1.09 bits per heavy atom. The molecule has 32 heavy (non-hydrogen) atoms. The van der Waals surface area contributed by atoms with E-state index in [2.05, 4.69) is 34.6 Å². The van der Waals surface area contributed by atoms with Gasteiger partial charge in [-0.1, -0.05) is 42.5 Å². The van der Waals surface area contributed by atoms with Crippen molar-refractivity contribution < 1.29 is 9.90 Å². The highest BCUT2D eigenvalue weighted by atomic mass is 32.2. The SMILES string of the molecule is CN(N)c1ccc(C(CC(=O)O)c2ccc3c(c2)CN(Sc2ccccc2)CC3)cc1N. The summed E-state index contributed by atoms with van der Waals surface area (Å²) in [7, 11) is 1.72. The van der Waals surface area contributed by atoms with Crippen molar-refractivity contribution in [2.24, 2.45) is 5.84 Å². The van der Waals surface area contributed by atoms with E-state index in [0.717, 1.165) is 30.6 Å². The van der Waals surface area contributed by atoms with E-state index in [0.29, 0.717) is 11.4 Å². The summed E-state index contributed by atoms with van der Waals surface area (Å²) in [6.07, 6.45) is 0.974. The second-order valence-corrected chi connectivity index (χ2v) is 9.30. The van der Waals surface area contributed by atoms with E-state index < -0.39 is 5.97 Å². The summed E-state index contributed by atoms with van der Waals surface area (Å²) in [6.45, 7) is 1.80. The minimum atomic E-state index is -0.840. The van der Waals surface area contributed by atoms with Gasteiger partial charge in [-0.05, 0) is 64.9 Å². The Morgan fingerprint density at radius 2 is 1.81 bits per heavy atom. The van der Waals surface area contributed by atoms with E-state index in [1.165, 1.54) is 21.0 Å². The number of rotatable bonds is 7. The number of aliphatic carboxylic acids is 1. The number of nitrogen functional groups attached to an aromatic ring is 1. The van der Waals surface area contributed by atoms with Crippen LogP contribution in [-0.2, 0) is 17.8 Å². The van der Waals surface area contributed by atoms with E-state index in [1.54, 1.807) is 19.0 Å². The zero-order valence-corrected chi connectivity index (χ0v) is 18.9. The van der Waals surface area contributed by atoms with Crippen LogP contribution in [0.4, 0.5) is 11.4 Å². The molecule has 3 aromatic carbocycles. The Bertz CT molecular complexity index is 1100. The molecule has 0 radical (unpaired) electrons. The molecule has 6 nitrogen and oxygen atoms in total. The molecule has 0 bridgehead atoms. The van der Waals surface area contributed by atoms with Crippen LogP contribution in [0.5, 0.6) is 0 Å². The Kier molecular flexibility index (Phi) is 6.69. The molecule has 1 unspecified atom stereocenters. The summed E-state index contributed by atoms with van der Waals surface area (Å²) in [5.74, 6) is 4.71. The molecule has 0 saturated heterocycles. The Balaban J connectivity index is 1.61. The third kappa shape index (κ3) is 5.07. The monoisotopic (exact) mass is 448 g/mol. The molecule has 1 atom stereocenters. The fourth-order valence-corrected chi connectivity index (χ4v) is 5.15. The highest BCUT2D eigenvalue weighted by Gasteiger charge is 2.23. The topological polar surface area (TPSA) is 95.8 Å². The van der Waals surface area contributed by atoms with Crippen LogP contribution in [0.15, 0.2) is 71.6 Å². The number of anilines is 2. The number of hydrazine groups is 1. The minimum Gasteiger partial charge on any atom is -0.481 e. The molecular weight excluding hydrogens is 420 g/mol. The lowest BCUT2D eigenvalue weighted by Gasteiger charge is -2.29. The van der Waals surface area contributed by atoms with Crippen molar-refractivity contribution >= 4 is 29.3 Å². The van der Waals surface area contributed by atoms with Crippen LogP contribution >= 0.6 is 11.9 Å². The maximum Gasteiger partial charge on any atom is 0.304 e. The van der Waals surface area contributed by atoms with Crippen molar-refractivity contribution in [1.29, 1.82) is 0 Å². The molecule has 0 aromatic heterocycles. The summed E-state index contributed by atoms with van der Waals surface area (Å²) in [5, 5.41) is 11.1. The highest BCUT2D eigenvalue weighted by molar-refractivity contribution is 7.97. The van der Waals surface area contributed by atoms with Crippen LogP contribution in [0, 0.1) is 0 Å². The Hall–Kier alpha value is -3.00. The molecule has 1 aliphatic rings. The second-order valence-electron chi connectivity index (χ2n) is 8.13. The molecule has 4 rings (SSSR count). The van der Waals surface area contributed by atoms with Crippen LogP contribution in [0.25, 0.3) is 0 Å². The van der Waals surface area contributed by atoms with Gasteiger partial charge in [-0.15, -0.1) is 0 Å². The molecule has 7 heteroatoms. The predicted octanol–water partition coefficient (Wildman–Crippen LogP) is 4.25. The van der Waals surface area contributed by atoms with Crippen LogP contribution in [0.2, 0.25) is 0 Å². The fraction of sp³-hybridized carbons (Fsp3) is 0.240. The van der Waals surface area contributed by atoms with Gasteiger partial charge < -0.3 is 15.8 Å². The quantitative estimate of drug-likeness (QED) is 0.215. The normalized spacial score (nSPS) is 14.6. The molecule has 1 heterocycles. The van der Waals surface area contributed by atoms with Gasteiger partial charge in [0.15, 0.2) is 0 Å². The molecule has 5 N–H and O–H groups in total. The number of fused-ring (bicyclic) bond motifs is 1. The molecule has 0 amide bonds. The second kappa shape index (κ2) is 9.65. The van der Waals surface area contributed by atoms with Crippen molar-refractivity contribution in [3.05, 3.63) is 89.0 Å². The number of nitrogens with two attached hydrogens (primary N) is 2. The standard InChI is InChI=1S/C25H28N4O2S/c1-28(27)24-10-9-19(14-23(24)26)22(15-25(30)31)18-8-7-17-11-12-29(16-20(17)13-18)32-21-5-3-2-4-6-21/h2-10,13-14,22H,11-12,15-16,26-27H2,1H3,(H,30,31). The lowest BCUT2D eigenvalue weighted by molar-refractivity contribution is -0.137. The molecule has 1 aliphatic heterocycles. The van der Waals surface area contributed by atoms with E-state index in [9.17, 15) is 9.90 Å². The molecule has 0 spiro atoms. The van der Waals surface area contributed by atoms with Gasteiger partial charge in [0.25, 0.3) is 0 Å². The number of benzene rings is 3. The number of hydrogen-bond donors (Lipinski definition) is 3. The first-order valence-electron chi connectivity index (χ1n) is 10.6. The lowest BCUT2D eigenvalue weighted by atomic mass is 9.85. The van der Waals surface area contributed by atoms with Crippen LogP contribution in [0.1, 0.15) is 34.6 Å². The number of carboxylic acid groups (broad SMARTS) is 1. The van der Waals surface area contributed by atoms with Crippen molar-refractivity contribution in [1.82, 2.24) is 4.31 Å². The van der Waals surface area contributed by atoms with Crippen molar-refractivity contribution in [2.75, 3.05) is 24.3 Å². The molecule has 0 saturated carbocycles. The van der Waals surface area contributed by atoms with Gasteiger partial charge in [-0.3, -0.25) is 4.79 Å². The summed E-state index contributed by atoms with van der Waals surface area (Å²) >= 11 is 1.76. The number of carbonyl (C=O) groups is 1. The van der Waals surface area contributed by atoms with E-state index >= 15 is 0 Å². The largest absolute Gasteiger partial charge is 0.481 e. The lowest BCUT2D eigenvalue weighted by Crippen LogP contribution is -2.26. The van der Waals surface area contributed by atoms with E-state index in [1.807, 2.05) is 36.4 Å². The first kappa shape index (κ1) is 22.2. The number of nitrogens with zero attached hydrogens (tertiary/aromatic N) is 2. The molecule has 0 aliphatic carbocycles. The Labute approximate surface area is 192 Å². The maximum absolute atomic E-state index is 11.7. The smallest absolute Gasteiger partial charge is 0.304 e. The minimum absolute atomic E-state index is 0.00147. The van der Waals surface area contributed by atoms with E-state index in [4.69, 9.17) is 11.6 Å². The first-order valence-corrected chi connectivity index (χ1v) is 11.4. The summed E-state index contributed by atoms with van der Waals surface area (Å²) in [6, 6.07) is 22.3. The van der Waals surface area contributed by atoms with Crippen LogP contribution in [0.3, 0.4) is 0 Å².